The molecule has 102 valence electrons. The molecule has 0 saturated heterocycles. The molecule has 0 radical (unpaired) electrons. The highest BCUT2D eigenvalue weighted by atomic mass is 79.9. The third-order valence-corrected chi connectivity index (χ3v) is 3.70. The van der Waals surface area contributed by atoms with Crippen LogP contribution in [0.3, 0.4) is 0 Å². The summed E-state index contributed by atoms with van der Waals surface area (Å²) in [6.45, 7) is 7.87. The Labute approximate surface area is 123 Å². The Balaban J connectivity index is 2.44. The minimum atomic E-state index is 0.579. The summed E-state index contributed by atoms with van der Waals surface area (Å²) in [4.78, 5) is 0. The first-order valence-corrected chi connectivity index (χ1v) is 7.57. The minimum Gasteiger partial charge on any atom is -0.490 e. The van der Waals surface area contributed by atoms with Gasteiger partial charge in [-0.25, -0.2) is 0 Å². The Morgan fingerprint density at radius 3 is 2.56 bits per heavy atom. The van der Waals surface area contributed by atoms with Crippen molar-refractivity contribution in [2.75, 3.05) is 13.2 Å². The van der Waals surface area contributed by atoms with Crippen molar-refractivity contribution in [3.8, 4) is 5.75 Å². The first-order valence-electron chi connectivity index (χ1n) is 6.40. The molecule has 0 atom stereocenters. The van der Waals surface area contributed by atoms with Crippen molar-refractivity contribution in [3.63, 3.8) is 0 Å². The van der Waals surface area contributed by atoms with Crippen molar-refractivity contribution >= 4 is 27.5 Å². The Morgan fingerprint density at radius 1 is 1.33 bits per heavy atom. The van der Waals surface area contributed by atoms with Gasteiger partial charge in [-0.15, -0.1) is 0 Å². The van der Waals surface area contributed by atoms with Crippen LogP contribution in [0.15, 0.2) is 16.6 Å². The molecular weight excluding hydrogens is 314 g/mol. The number of hydrogen-bond acceptors (Lipinski definition) is 2. The molecule has 0 fully saturated rings. The summed E-state index contributed by atoms with van der Waals surface area (Å²) in [7, 11) is 0. The van der Waals surface area contributed by atoms with Crippen molar-refractivity contribution in [2.45, 2.75) is 39.7 Å². The molecule has 0 heterocycles. The van der Waals surface area contributed by atoms with Gasteiger partial charge in [0.25, 0.3) is 0 Å². The second-order valence-electron chi connectivity index (χ2n) is 4.35. The molecule has 1 aromatic carbocycles. The zero-order chi connectivity index (χ0) is 13.5. The molecule has 0 amide bonds. The van der Waals surface area contributed by atoms with Crippen LogP contribution in [-0.4, -0.2) is 19.2 Å². The Bertz CT molecular complexity index is 357. The van der Waals surface area contributed by atoms with Gasteiger partial charge in [-0.2, -0.15) is 0 Å². The van der Waals surface area contributed by atoms with Crippen LogP contribution in [0.4, 0.5) is 0 Å². The summed E-state index contributed by atoms with van der Waals surface area (Å²) >= 11 is 9.57. The summed E-state index contributed by atoms with van der Waals surface area (Å²) in [6, 6.07) is 4.45. The van der Waals surface area contributed by atoms with Gasteiger partial charge in [-0.1, -0.05) is 41.4 Å². The molecule has 0 aliphatic carbocycles. The highest BCUT2D eigenvalue weighted by Crippen LogP contribution is 2.31. The fraction of sp³-hybridized carbons (Fsp3) is 0.571. The second-order valence-corrected chi connectivity index (χ2v) is 5.67. The zero-order valence-corrected chi connectivity index (χ0v) is 13.6. The number of hydrogen-bond donors (Lipinski definition) is 1. The van der Waals surface area contributed by atoms with Crippen LogP contribution in [0.1, 0.15) is 32.3 Å². The van der Waals surface area contributed by atoms with Crippen LogP contribution < -0.4 is 10.1 Å². The van der Waals surface area contributed by atoms with Gasteiger partial charge in [0.2, 0.25) is 0 Å². The number of ether oxygens (including phenoxy) is 1. The van der Waals surface area contributed by atoms with Gasteiger partial charge in [0.05, 0.1) is 5.02 Å². The monoisotopic (exact) mass is 333 g/mol. The number of nitrogens with one attached hydrogen (secondary N) is 1. The molecule has 0 saturated carbocycles. The van der Waals surface area contributed by atoms with E-state index in [1.54, 1.807) is 0 Å². The average molecular weight is 335 g/mol. The number of rotatable bonds is 7. The SMILES string of the molecule is CCC(CC)NCCOc1c(C)cc(Br)cc1Cl. The molecule has 0 bridgehead atoms. The van der Waals surface area contributed by atoms with Crippen LogP contribution in [0.5, 0.6) is 5.75 Å². The van der Waals surface area contributed by atoms with Gasteiger partial charge >= 0.3 is 0 Å². The Kier molecular flexibility index (Phi) is 7.05. The van der Waals surface area contributed by atoms with Crippen molar-refractivity contribution in [1.82, 2.24) is 5.32 Å². The van der Waals surface area contributed by atoms with E-state index in [0.29, 0.717) is 17.7 Å². The van der Waals surface area contributed by atoms with Crippen LogP contribution in [-0.2, 0) is 0 Å². The van der Waals surface area contributed by atoms with E-state index in [1.807, 2.05) is 19.1 Å². The van der Waals surface area contributed by atoms with E-state index in [2.05, 4.69) is 35.1 Å². The van der Waals surface area contributed by atoms with E-state index in [9.17, 15) is 0 Å². The van der Waals surface area contributed by atoms with Gasteiger partial charge in [-0.05, 0) is 37.5 Å². The minimum absolute atomic E-state index is 0.579. The van der Waals surface area contributed by atoms with E-state index < -0.39 is 0 Å². The molecule has 0 aliphatic heterocycles. The Hall–Kier alpha value is -0.250. The van der Waals surface area contributed by atoms with Crippen molar-refractivity contribution in [2.24, 2.45) is 0 Å². The molecule has 18 heavy (non-hydrogen) atoms. The molecule has 0 unspecified atom stereocenters. The van der Waals surface area contributed by atoms with Crippen molar-refractivity contribution in [3.05, 3.63) is 27.2 Å². The highest BCUT2D eigenvalue weighted by molar-refractivity contribution is 9.10. The number of benzene rings is 1. The van der Waals surface area contributed by atoms with Crippen molar-refractivity contribution < 1.29 is 4.74 Å². The number of aryl methyl sites for hydroxylation is 1. The van der Waals surface area contributed by atoms with Gasteiger partial charge in [-0.3, -0.25) is 0 Å². The zero-order valence-electron chi connectivity index (χ0n) is 11.2. The molecular formula is C14H21BrClNO. The molecule has 1 rings (SSSR count). The fourth-order valence-corrected chi connectivity index (χ4v) is 2.89. The summed E-state index contributed by atoms with van der Waals surface area (Å²) in [5.41, 5.74) is 1.05. The Morgan fingerprint density at radius 2 is 2.00 bits per heavy atom. The van der Waals surface area contributed by atoms with Crippen LogP contribution in [0.2, 0.25) is 5.02 Å². The maximum atomic E-state index is 6.16. The average Bonchev–Trinajstić information content (AvgIpc) is 2.32. The van der Waals surface area contributed by atoms with Gasteiger partial charge in [0.15, 0.2) is 0 Å². The van der Waals surface area contributed by atoms with E-state index >= 15 is 0 Å². The fourth-order valence-electron chi connectivity index (χ4n) is 1.87. The lowest BCUT2D eigenvalue weighted by atomic mass is 10.2. The van der Waals surface area contributed by atoms with Crippen LogP contribution in [0, 0.1) is 6.92 Å². The van der Waals surface area contributed by atoms with E-state index in [0.717, 1.165) is 35.2 Å². The molecule has 0 spiro atoms. The summed E-state index contributed by atoms with van der Waals surface area (Å²) in [6.07, 6.45) is 2.29. The molecule has 1 aromatic rings. The smallest absolute Gasteiger partial charge is 0.140 e. The lowest BCUT2D eigenvalue weighted by Gasteiger charge is -2.16. The lowest BCUT2D eigenvalue weighted by Crippen LogP contribution is -2.31. The molecule has 2 nitrogen and oxygen atoms in total. The third-order valence-electron chi connectivity index (χ3n) is 2.96. The van der Waals surface area contributed by atoms with Gasteiger partial charge < -0.3 is 10.1 Å². The highest BCUT2D eigenvalue weighted by Gasteiger charge is 2.07. The molecule has 4 heteroatoms. The maximum Gasteiger partial charge on any atom is 0.140 e. The third kappa shape index (κ3) is 4.79. The van der Waals surface area contributed by atoms with Gasteiger partial charge in [0.1, 0.15) is 12.4 Å². The normalized spacial score (nSPS) is 11.0. The van der Waals surface area contributed by atoms with E-state index in [1.165, 1.54) is 0 Å². The standard InChI is InChI=1S/C14H21BrClNO/c1-4-12(5-2)17-6-7-18-14-10(3)8-11(15)9-13(14)16/h8-9,12,17H,4-7H2,1-3H3. The summed E-state index contributed by atoms with van der Waals surface area (Å²) in [5, 5.41) is 4.12. The summed E-state index contributed by atoms with van der Waals surface area (Å²) < 4.78 is 6.73. The molecule has 0 aliphatic rings. The first-order chi connectivity index (χ1) is 8.58. The van der Waals surface area contributed by atoms with Crippen molar-refractivity contribution in [1.29, 1.82) is 0 Å². The van der Waals surface area contributed by atoms with E-state index in [4.69, 9.17) is 16.3 Å². The summed E-state index contributed by atoms with van der Waals surface area (Å²) in [5.74, 6) is 0.784. The first kappa shape index (κ1) is 15.8. The van der Waals surface area contributed by atoms with Crippen LogP contribution in [0.25, 0.3) is 0 Å². The quantitative estimate of drug-likeness (QED) is 0.738. The van der Waals surface area contributed by atoms with E-state index in [-0.39, 0.29) is 0 Å². The lowest BCUT2D eigenvalue weighted by molar-refractivity contribution is 0.301. The van der Waals surface area contributed by atoms with Crippen LogP contribution >= 0.6 is 27.5 Å². The number of halogens is 2. The largest absolute Gasteiger partial charge is 0.490 e. The maximum absolute atomic E-state index is 6.16. The topological polar surface area (TPSA) is 21.3 Å². The van der Waals surface area contributed by atoms with Gasteiger partial charge in [0, 0.05) is 17.1 Å². The molecule has 0 aromatic heterocycles. The second kappa shape index (κ2) is 8.03. The molecule has 1 N–H and O–H groups in total. The predicted molar refractivity (Wildman–Crippen MR) is 81.8 cm³/mol. The predicted octanol–water partition coefficient (Wildman–Crippen LogP) is 4.57.